The molecule has 1 aromatic rings. The maximum atomic E-state index is 12.6. The summed E-state index contributed by atoms with van der Waals surface area (Å²) in [6.07, 6.45) is -4.72. The van der Waals surface area contributed by atoms with Crippen LogP contribution in [-0.2, 0) is 21.0 Å². The van der Waals surface area contributed by atoms with Gasteiger partial charge in [-0.1, -0.05) is 15.9 Å². The summed E-state index contributed by atoms with van der Waals surface area (Å²) in [5, 5.41) is 8.61. The van der Waals surface area contributed by atoms with Crippen LogP contribution in [0, 0.1) is 0 Å². The zero-order valence-corrected chi connectivity index (χ0v) is 12.3. The van der Waals surface area contributed by atoms with Crippen molar-refractivity contribution >= 4 is 31.9 Å². The van der Waals surface area contributed by atoms with Crippen molar-refractivity contribution in [2.24, 2.45) is 0 Å². The SMILES string of the molecule is CC(NS(=O)(=O)c1cc(Br)cc(C(F)(F)F)c1)C(=O)O. The van der Waals surface area contributed by atoms with Gasteiger partial charge in [0.15, 0.2) is 0 Å². The first-order valence-electron chi connectivity index (χ1n) is 5.06. The molecule has 0 aliphatic carbocycles. The van der Waals surface area contributed by atoms with Gasteiger partial charge in [0.2, 0.25) is 10.0 Å². The van der Waals surface area contributed by atoms with E-state index in [2.05, 4.69) is 15.9 Å². The fourth-order valence-electron chi connectivity index (χ4n) is 1.23. The van der Waals surface area contributed by atoms with Gasteiger partial charge in [0, 0.05) is 4.47 Å². The Balaban J connectivity index is 3.26. The number of aliphatic carboxylic acids is 1. The lowest BCUT2D eigenvalue weighted by Crippen LogP contribution is -2.38. The van der Waals surface area contributed by atoms with E-state index in [0.717, 1.165) is 19.1 Å². The molecule has 2 N–H and O–H groups in total. The van der Waals surface area contributed by atoms with Crippen molar-refractivity contribution in [1.29, 1.82) is 0 Å². The van der Waals surface area contributed by atoms with Gasteiger partial charge in [0.25, 0.3) is 0 Å². The summed E-state index contributed by atoms with van der Waals surface area (Å²) in [5.74, 6) is -1.44. The third-order valence-electron chi connectivity index (χ3n) is 2.21. The highest BCUT2D eigenvalue weighted by molar-refractivity contribution is 9.10. The second-order valence-electron chi connectivity index (χ2n) is 3.85. The molecule has 1 unspecified atom stereocenters. The van der Waals surface area contributed by atoms with Gasteiger partial charge in [-0.05, 0) is 25.1 Å². The van der Waals surface area contributed by atoms with E-state index in [4.69, 9.17) is 5.11 Å². The molecule has 10 heteroatoms. The largest absolute Gasteiger partial charge is 0.480 e. The van der Waals surface area contributed by atoms with E-state index in [1.165, 1.54) is 0 Å². The van der Waals surface area contributed by atoms with E-state index in [-0.39, 0.29) is 4.47 Å². The summed E-state index contributed by atoms with van der Waals surface area (Å²) in [7, 11) is -4.37. The van der Waals surface area contributed by atoms with Crippen LogP contribution in [0.2, 0.25) is 0 Å². The second kappa shape index (κ2) is 5.70. The highest BCUT2D eigenvalue weighted by Crippen LogP contribution is 2.33. The molecule has 0 saturated heterocycles. The molecule has 0 aromatic heterocycles. The molecule has 20 heavy (non-hydrogen) atoms. The van der Waals surface area contributed by atoms with E-state index in [1.807, 2.05) is 0 Å². The average molecular weight is 376 g/mol. The Morgan fingerprint density at radius 1 is 1.35 bits per heavy atom. The Bertz CT molecular complexity index is 630. The van der Waals surface area contributed by atoms with Gasteiger partial charge in [0.1, 0.15) is 6.04 Å². The van der Waals surface area contributed by atoms with Crippen LogP contribution < -0.4 is 4.72 Å². The van der Waals surface area contributed by atoms with Crippen LogP contribution in [0.15, 0.2) is 27.6 Å². The summed E-state index contributed by atoms with van der Waals surface area (Å²) in [6, 6.07) is 0.640. The molecule has 1 rings (SSSR count). The number of rotatable bonds is 4. The van der Waals surface area contributed by atoms with Gasteiger partial charge in [-0.25, -0.2) is 8.42 Å². The minimum Gasteiger partial charge on any atom is -0.480 e. The summed E-state index contributed by atoms with van der Waals surface area (Å²) in [4.78, 5) is 9.91. The van der Waals surface area contributed by atoms with Crippen LogP contribution in [-0.4, -0.2) is 25.5 Å². The number of hydrogen-bond acceptors (Lipinski definition) is 3. The lowest BCUT2D eigenvalue weighted by molar-refractivity contribution is -0.139. The highest BCUT2D eigenvalue weighted by atomic mass is 79.9. The third-order valence-corrected chi connectivity index (χ3v) is 4.19. The monoisotopic (exact) mass is 375 g/mol. The predicted molar refractivity (Wildman–Crippen MR) is 66.6 cm³/mol. The lowest BCUT2D eigenvalue weighted by atomic mass is 10.2. The maximum Gasteiger partial charge on any atom is 0.416 e. The molecular weight excluding hydrogens is 367 g/mol. The lowest BCUT2D eigenvalue weighted by Gasteiger charge is -2.13. The molecule has 0 radical (unpaired) electrons. The van der Waals surface area contributed by atoms with Crippen molar-refractivity contribution in [2.45, 2.75) is 24.0 Å². The van der Waals surface area contributed by atoms with Crippen molar-refractivity contribution in [2.75, 3.05) is 0 Å². The average Bonchev–Trinajstić information content (AvgIpc) is 2.26. The zero-order chi connectivity index (χ0) is 15.7. The van der Waals surface area contributed by atoms with Crippen LogP contribution in [0.5, 0.6) is 0 Å². The second-order valence-corrected chi connectivity index (χ2v) is 6.48. The molecule has 0 bridgehead atoms. The van der Waals surface area contributed by atoms with Crippen LogP contribution in [0.25, 0.3) is 0 Å². The molecule has 0 aliphatic heterocycles. The molecule has 1 aromatic carbocycles. The summed E-state index contributed by atoms with van der Waals surface area (Å²) in [5.41, 5.74) is -1.16. The number of hydrogen-bond donors (Lipinski definition) is 2. The number of sulfonamides is 1. The first kappa shape index (κ1) is 16.9. The Labute approximate surface area is 121 Å². The van der Waals surface area contributed by atoms with Gasteiger partial charge in [-0.3, -0.25) is 4.79 Å². The molecule has 1 atom stereocenters. The van der Waals surface area contributed by atoms with Crippen molar-refractivity contribution in [3.05, 3.63) is 28.2 Å². The van der Waals surface area contributed by atoms with Crippen LogP contribution in [0.4, 0.5) is 13.2 Å². The minimum absolute atomic E-state index is 0.0873. The minimum atomic E-state index is -4.72. The van der Waals surface area contributed by atoms with Gasteiger partial charge >= 0.3 is 12.1 Å². The number of alkyl halides is 3. The van der Waals surface area contributed by atoms with Gasteiger partial charge in [-0.2, -0.15) is 17.9 Å². The molecule has 0 aliphatic rings. The van der Waals surface area contributed by atoms with Gasteiger partial charge in [0.05, 0.1) is 10.5 Å². The smallest absolute Gasteiger partial charge is 0.416 e. The van der Waals surface area contributed by atoms with Gasteiger partial charge < -0.3 is 5.11 Å². The van der Waals surface area contributed by atoms with E-state index in [1.54, 1.807) is 4.72 Å². The Kier molecular flexibility index (Phi) is 4.82. The van der Waals surface area contributed by atoms with Crippen molar-refractivity contribution in [1.82, 2.24) is 4.72 Å². The Morgan fingerprint density at radius 2 is 1.90 bits per heavy atom. The van der Waals surface area contributed by atoms with E-state index >= 15 is 0 Å². The number of carboxylic acid groups (broad SMARTS) is 1. The molecule has 0 heterocycles. The molecule has 0 saturated carbocycles. The van der Waals surface area contributed by atoms with Gasteiger partial charge in [-0.15, -0.1) is 0 Å². The van der Waals surface area contributed by atoms with Crippen LogP contribution in [0.3, 0.4) is 0 Å². The number of benzene rings is 1. The first-order valence-corrected chi connectivity index (χ1v) is 7.34. The normalized spacial score (nSPS) is 14.1. The number of carboxylic acids is 1. The van der Waals surface area contributed by atoms with Crippen molar-refractivity contribution in [3.63, 3.8) is 0 Å². The molecule has 0 spiro atoms. The Hall–Kier alpha value is -1.13. The van der Waals surface area contributed by atoms with Crippen LogP contribution in [0.1, 0.15) is 12.5 Å². The molecule has 5 nitrogen and oxygen atoms in total. The first-order chi connectivity index (χ1) is 8.93. The topological polar surface area (TPSA) is 83.5 Å². The fraction of sp³-hybridized carbons (Fsp3) is 0.300. The number of halogens is 4. The quantitative estimate of drug-likeness (QED) is 0.844. The fourth-order valence-corrected chi connectivity index (χ4v) is 3.14. The van der Waals surface area contributed by atoms with E-state index in [0.29, 0.717) is 6.07 Å². The summed E-state index contributed by atoms with van der Waals surface area (Å²) >= 11 is 2.78. The van der Waals surface area contributed by atoms with Crippen LogP contribution >= 0.6 is 15.9 Å². The molecule has 112 valence electrons. The van der Waals surface area contributed by atoms with Crippen molar-refractivity contribution < 1.29 is 31.5 Å². The zero-order valence-electron chi connectivity index (χ0n) is 9.90. The predicted octanol–water partition coefficient (Wildman–Crippen LogP) is 2.22. The standard InChI is InChI=1S/C10H9BrF3NO4S/c1-5(9(16)17)15-20(18,19)8-3-6(10(12,13)14)2-7(11)4-8/h2-5,15H,1H3,(H,16,17). The van der Waals surface area contributed by atoms with Crippen molar-refractivity contribution in [3.8, 4) is 0 Å². The molecular formula is C10H9BrF3NO4S. The third kappa shape index (κ3) is 4.18. The maximum absolute atomic E-state index is 12.6. The number of nitrogens with one attached hydrogen (secondary N) is 1. The van der Waals surface area contributed by atoms with E-state index < -0.39 is 38.7 Å². The Morgan fingerprint density at radius 3 is 2.35 bits per heavy atom. The molecule has 0 fully saturated rings. The van der Waals surface area contributed by atoms with E-state index in [9.17, 15) is 26.4 Å². The number of carbonyl (C=O) groups is 1. The summed E-state index contributed by atoms with van der Waals surface area (Å²) < 4.78 is 63.1. The summed E-state index contributed by atoms with van der Waals surface area (Å²) in [6.45, 7) is 1.06. The highest BCUT2D eigenvalue weighted by Gasteiger charge is 2.33. The molecule has 0 amide bonds.